The number of nitrogens with zero attached hydrogens (tertiary/aromatic N) is 3. The van der Waals surface area contributed by atoms with E-state index in [0.717, 1.165) is 0 Å². The zero-order valence-electron chi connectivity index (χ0n) is 9.91. The number of nitro groups is 1. The van der Waals surface area contributed by atoms with E-state index in [-0.39, 0.29) is 24.2 Å². The van der Waals surface area contributed by atoms with Crippen molar-refractivity contribution in [1.82, 2.24) is 9.78 Å². The molecule has 1 rings (SSSR count). The minimum absolute atomic E-state index is 0. The van der Waals surface area contributed by atoms with Crippen LogP contribution in [-0.2, 0) is 18.6 Å². The van der Waals surface area contributed by atoms with Crippen LogP contribution >= 0.6 is 0 Å². The van der Waals surface area contributed by atoms with Gasteiger partial charge < -0.3 is 5.11 Å². The number of rotatable bonds is 3. The van der Waals surface area contributed by atoms with E-state index in [1.807, 2.05) is 13.8 Å². The largest absolute Gasteiger partial charge is 0.372 e. The summed E-state index contributed by atoms with van der Waals surface area (Å²) >= 11 is 0. The molecular weight excluding hydrogens is 249 g/mol. The number of aryl methyl sites for hydroxylation is 1. The van der Waals surface area contributed by atoms with Crippen molar-refractivity contribution in [3.05, 3.63) is 22.0 Å². The van der Waals surface area contributed by atoms with Gasteiger partial charge in [0.05, 0.1) is 4.92 Å². The Morgan fingerprint density at radius 3 is 2.44 bits per heavy atom. The van der Waals surface area contributed by atoms with Crippen molar-refractivity contribution in [2.45, 2.75) is 40.3 Å². The van der Waals surface area contributed by atoms with Gasteiger partial charge in [0.1, 0.15) is 18.1 Å². The Kier molecular flexibility index (Phi) is 9.13. The first kappa shape index (κ1) is 17.5. The van der Waals surface area contributed by atoms with Gasteiger partial charge in [0.2, 0.25) is 0 Å². The monoisotopic (exact) mass is 266 g/mol. The van der Waals surface area contributed by atoms with Crippen molar-refractivity contribution in [2.75, 3.05) is 0 Å². The fraction of sp³-hybridized carbons (Fsp3) is 0.667. The van der Waals surface area contributed by atoms with Crippen molar-refractivity contribution in [3.8, 4) is 0 Å². The van der Waals surface area contributed by atoms with Crippen molar-refractivity contribution < 1.29 is 28.6 Å². The van der Waals surface area contributed by atoms with Crippen LogP contribution in [-0.4, -0.2) is 19.8 Å². The molecule has 6 nitrogen and oxygen atoms in total. The Morgan fingerprint density at radius 1 is 1.62 bits per heavy atom. The van der Waals surface area contributed by atoms with Crippen LogP contribution in [0.25, 0.3) is 0 Å². The second kappa shape index (κ2) is 8.32. The molecule has 0 aliphatic heterocycles. The summed E-state index contributed by atoms with van der Waals surface area (Å²) in [5.41, 5.74) is 0.255. The van der Waals surface area contributed by atoms with Gasteiger partial charge in [-0.15, -0.1) is 0 Å². The average molecular weight is 266 g/mol. The molecule has 0 saturated carbocycles. The molecule has 1 atom stereocenters. The Balaban J connectivity index is 0. The zero-order chi connectivity index (χ0) is 12.0. The normalized spacial score (nSPS) is 10.8. The third-order valence-corrected chi connectivity index (χ3v) is 1.76. The van der Waals surface area contributed by atoms with Gasteiger partial charge in [-0.1, -0.05) is 20.8 Å². The van der Waals surface area contributed by atoms with Crippen LogP contribution < -0.4 is 0 Å². The van der Waals surface area contributed by atoms with Crippen LogP contribution in [0.15, 0.2) is 6.20 Å². The van der Waals surface area contributed by atoms with Gasteiger partial charge >= 0.3 is 5.69 Å². The van der Waals surface area contributed by atoms with E-state index in [9.17, 15) is 15.2 Å². The minimum Gasteiger partial charge on any atom is -0.372 e. The van der Waals surface area contributed by atoms with Gasteiger partial charge in [-0.2, -0.15) is 5.10 Å². The van der Waals surface area contributed by atoms with Crippen molar-refractivity contribution in [3.63, 3.8) is 0 Å². The molecule has 0 fully saturated rings. The average Bonchev–Trinajstić information content (AvgIpc) is 2.62. The van der Waals surface area contributed by atoms with Crippen molar-refractivity contribution >= 4 is 5.69 Å². The van der Waals surface area contributed by atoms with Gasteiger partial charge in [-0.3, -0.25) is 10.1 Å². The van der Waals surface area contributed by atoms with E-state index >= 15 is 0 Å². The summed E-state index contributed by atoms with van der Waals surface area (Å²) in [6.07, 6.45) is 0.925. The Bertz CT molecular complexity index is 328. The Morgan fingerprint density at radius 2 is 2.12 bits per heavy atom. The summed E-state index contributed by atoms with van der Waals surface area (Å²) in [5.74, 6) is 0. The van der Waals surface area contributed by atoms with Crippen LogP contribution in [0, 0.1) is 17.0 Å². The Labute approximate surface area is 107 Å². The molecule has 0 bridgehead atoms. The number of aliphatic hydroxyl groups is 1. The van der Waals surface area contributed by atoms with Crippen molar-refractivity contribution in [1.29, 1.82) is 0 Å². The predicted molar refractivity (Wildman–Crippen MR) is 56.5 cm³/mol. The van der Waals surface area contributed by atoms with Crippen LogP contribution in [0.3, 0.4) is 0 Å². The number of hydrogen-bond acceptors (Lipinski definition) is 4. The van der Waals surface area contributed by atoms with E-state index in [2.05, 4.69) is 5.10 Å². The molecular formula is C9H17N3O3V. The molecule has 1 N–H and O–H groups in total. The van der Waals surface area contributed by atoms with Crippen LogP contribution in [0.1, 0.15) is 39.1 Å². The molecule has 0 aliphatic rings. The molecule has 1 aromatic rings. The SMILES string of the molecule is CC.CCC(O)n1cc([N+](=O)[O-])c(C)n1.[V]. The third kappa shape index (κ3) is 4.34. The van der Waals surface area contributed by atoms with Crippen LogP contribution in [0.4, 0.5) is 5.69 Å². The van der Waals surface area contributed by atoms with Gasteiger partial charge in [0.25, 0.3) is 0 Å². The van der Waals surface area contributed by atoms with Gasteiger partial charge in [-0.05, 0) is 13.3 Å². The van der Waals surface area contributed by atoms with E-state index in [1.165, 1.54) is 17.8 Å². The number of aliphatic hydroxyl groups excluding tert-OH is 1. The summed E-state index contributed by atoms with van der Waals surface area (Å²) in [6.45, 7) is 7.31. The van der Waals surface area contributed by atoms with Gasteiger partial charge in [0, 0.05) is 18.6 Å². The molecule has 0 saturated heterocycles. The summed E-state index contributed by atoms with van der Waals surface area (Å²) < 4.78 is 1.20. The molecule has 16 heavy (non-hydrogen) atoms. The maximum absolute atomic E-state index is 10.4. The standard InChI is InChI=1S/C7H11N3O3.C2H6.V/c1-3-7(11)9-4-6(10(12)13)5(2)8-9;1-2;/h4,7,11H,3H2,1-2H3;1-2H3;. The predicted octanol–water partition coefficient (Wildman–Crippen LogP) is 2.02. The van der Waals surface area contributed by atoms with Crippen LogP contribution in [0.2, 0.25) is 0 Å². The maximum Gasteiger partial charge on any atom is 0.309 e. The fourth-order valence-electron chi connectivity index (χ4n) is 0.991. The molecule has 1 heterocycles. The third-order valence-electron chi connectivity index (χ3n) is 1.76. The second-order valence-corrected chi connectivity index (χ2v) is 2.73. The van der Waals surface area contributed by atoms with Gasteiger partial charge in [-0.25, -0.2) is 4.68 Å². The second-order valence-electron chi connectivity index (χ2n) is 2.73. The topological polar surface area (TPSA) is 81.2 Å². The summed E-state index contributed by atoms with van der Waals surface area (Å²) in [7, 11) is 0. The molecule has 0 amide bonds. The number of aromatic nitrogens is 2. The van der Waals surface area contributed by atoms with E-state index < -0.39 is 11.2 Å². The Hall–Kier alpha value is -0.846. The first-order valence-electron chi connectivity index (χ1n) is 4.94. The molecule has 1 radical (unpaired) electrons. The molecule has 7 heteroatoms. The summed E-state index contributed by atoms with van der Waals surface area (Å²) in [6, 6.07) is 0. The van der Waals surface area contributed by atoms with E-state index in [0.29, 0.717) is 12.1 Å². The maximum atomic E-state index is 10.4. The molecule has 0 aromatic carbocycles. The minimum atomic E-state index is -0.785. The zero-order valence-corrected chi connectivity index (χ0v) is 11.3. The van der Waals surface area contributed by atoms with Crippen molar-refractivity contribution in [2.24, 2.45) is 0 Å². The van der Waals surface area contributed by atoms with Gasteiger partial charge in [0.15, 0.2) is 0 Å². The summed E-state index contributed by atoms with van der Waals surface area (Å²) in [5, 5.41) is 23.6. The smallest absolute Gasteiger partial charge is 0.309 e. The molecule has 91 valence electrons. The molecule has 1 aromatic heterocycles. The van der Waals surface area contributed by atoms with Crippen LogP contribution in [0.5, 0.6) is 0 Å². The quantitative estimate of drug-likeness (QED) is 0.670. The number of hydrogen-bond donors (Lipinski definition) is 1. The molecule has 0 spiro atoms. The molecule has 1 unspecified atom stereocenters. The first-order valence-corrected chi connectivity index (χ1v) is 4.94. The van der Waals surface area contributed by atoms with E-state index in [1.54, 1.807) is 6.92 Å². The fourth-order valence-corrected chi connectivity index (χ4v) is 0.991. The van der Waals surface area contributed by atoms with E-state index in [4.69, 9.17) is 0 Å². The molecule has 0 aliphatic carbocycles. The summed E-state index contributed by atoms with van der Waals surface area (Å²) in [4.78, 5) is 9.90. The first-order chi connectivity index (χ1) is 7.06.